The summed E-state index contributed by atoms with van der Waals surface area (Å²) in [5.74, 6) is 0. The first kappa shape index (κ1) is 13.2. The fourth-order valence-electron chi connectivity index (χ4n) is 1.99. The number of thiazole rings is 1. The van der Waals surface area contributed by atoms with Gasteiger partial charge in [-0.25, -0.2) is 4.98 Å². The number of rotatable bonds is 4. The van der Waals surface area contributed by atoms with Crippen LogP contribution < -0.4 is 5.32 Å². The Kier molecular flexibility index (Phi) is 4.15. The Morgan fingerprint density at radius 1 is 1.06 bits per heavy atom. The molecule has 1 aromatic heterocycles. The zero-order chi connectivity index (χ0) is 13.1. The Morgan fingerprint density at radius 3 is 2.28 bits per heavy atom. The van der Waals surface area contributed by atoms with Crippen LogP contribution in [0.4, 0.5) is 0 Å². The van der Waals surface area contributed by atoms with Crippen molar-refractivity contribution in [3.8, 4) is 0 Å². The number of benzene rings is 1. The van der Waals surface area contributed by atoms with Gasteiger partial charge in [-0.1, -0.05) is 29.8 Å². The minimum atomic E-state index is 0.284. The molecule has 2 rings (SSSR count). The average molecular weight is 260 g/mol. The molecule has 0 saturated carbocycles. The molecular formula is C15H20N2S. The second-order valence-electron chi connectivity index (χ2n) is 4.81. The fourth-order valence-corrected chi connectivity index (χ4v) is 2.70. The molecule has 3 heteroatoms. The monoisotopic (exact) mass is 260 g/mol. The van der Waals surface area contributed by atoms with Crippen LogP contribution in [0.25, 0.3) is 0 Å². The molecule has 0 aliphatic carbocycles. The molecular weight excluding hydrogens is 240 g/mol. The molecule has 0 amide bonds. The predicted octanol–water partition coefficient (Wildman–Crippen LogP) is 4.17. The SMILES string of the molecule is Cc1ccc([C@@H](C)NC(C)c2csc(C)n2)cc1. The van der Waals surface area contributed by atoms with Crippen molar-refractivity contribution in [2.75, 3.05) is 0 Å². The van der Waals surface area contributed by atoms with Crippen LogP contribution in [-0.2, 0) is 0 Å². The van der Waals surface area contributed by atoms with Crippen molar-refractivity contribution in [3.05, 3.63) is 51.5 Å². The Morgan fingerprint density at radius 2 is 1.72 bits per heavy atom. The van der Waals surface area contributed by atoms with Gasteiger partial charge in [0, 0.05) is 17.5 Å². The minimum Gasteiger partial charge on any atom is -0.302 e. The van der Waals surface area contributed by atoms with Crippen LogP contribution in [0.5, 0.6) is 0 Å². The molecule has 1 unspecified atom stereocenters. The lowest BCUT2D eigenvalue weighted by Crippen LogP contribution is -2.22. The van der Waals surface area contributed by atoms with Crippen molar-refractivity contribution in [1.82, 2.24) is 10.3 Å². The number of aromatic nitrogens is 1. The fraction of sp³-hybridized carbons (Fsp3) is 0.400. The molecule has 2 nitrogen and oxygen atoms in total. The van der Waals surface area contributed by atoms with Gasteiger partial charge in [-0.3, -0.25) is 0 Å². The topological polar surface area (TPSA) is 24.9 Å². The number of nitrogens with one attached hydrogen (secondary N) is 1. The van der Waals surface area contributed by atoms with E-state index in [1.54, 1.807) is 11.3 Å². The van der Waals surface area contributed by atoms with Crippen molar-refractivity contribution in [2.24, 2.45) is 0 Å². The molecule has 0 aliphatic heterocycles. The van der Waals surface area contributed by atoms with E-state index in [0.717, 1.165) is 10.7 Å². The summed E-state index contributed by atoms with van der Waals surface area (Å²) < 4.78 is 0. The highest BCUT2D eigenvalue weighted by atomic mass is 32.1. The highest BCUT2D eigenvalue weighted by Crippen LogP contribution is 2.20. The standard InChI is InChI=1S/C15H20N2S/c1-10-5-7-14(8-6-10)11(2)16-12(3)15-9-18-13(4)17-15/h5-9,11-12,16H,1-4H3/t11-,12?/m1/s1. The largest absolute Gasteiger partial charge is 0.302 e. The molecule has 96 valence electrons. The number of hydrogen-bond acceptors (Lipinski definition) is 3. The van der Waals surface area contributed by atoms with Crippen molar-refractivity contribution in [2.45, 2.75) is 39.8 Å². The highest BCUT2D eigenvalue weighted by Gasteiger charge is 2.13. The van der Waals surface area contributed by atoms with E-state index in [9.17, 15) is 0 Å². The molecule has 0 radical (unpaired) electrons. The highest BCUT2D eigenvalue weighted by molar-refractivity contribution is 7.09. The number of hydrogen-bond donors (Lipinski definition) is 1. The van der Waals surface area contributed by atoms with Crippen LogP contribution >= 0.6 is 11.3 Å². The molecule has 0 fully saturated rings. The predicted molar refractivity (Wildman–Crippen MR) is 78.0 cm³/mol. The van der Waals surface area contributed by atoms with Gasteiger partial charge in [-0.05, 0) is 33.3 Å². The van der Waals surface area contributed by atoms with Crippen LogP contribution in [0.1, 0.15) is 47.8 Å². The van der Waals surface area contributed by atoms with E-state index in [0.29, 0.717) is 6.04 Å². The van der Waals surface area contributed by atoms with E-state index < -0.39 is 0 Å². The summed E-state index contributed by atoms with van der Waals surface area (Å²) in [7, 11) is 0. The average Bonchev–Trinajstić information content (AvgIpc) is 2.76. The Bertz CT molecular complexity index is 501. The quantitative estimate of drug-likeness (QED) is 0.892. The third kappa shape index (κ3) is 3.18. The molecule has 0 saturated heterocycles. The molecule has 1 aromatic carbocycles. The van der Waals surface area contributed by atoms with E-state index in [2.05, 4.69) is 60.7 Å². The van der Waals surface area contributed by atoms with Gasteiger partial charge in [-0.15, -0.1) is 11.3 Å². The second kappa shape index (κ2) is 5.63. The Labute approximate surface area is 113 Å². The molecule has 1 heterocycles. The lowest BCUT2D eigenvalue weighted by atomic mass is 10.1. The normalized spacial score (nSPS) is 14.4. The van der Waals surface area contributed by atoms with E-state index >= 15 is 0 Å². The third-order valence-electron chi connectivity index (χ3n) is 3.16. The van der Waals surface area contributed by atoms with Crippen LogP contribution in [0.2, 0.25) is 0 Å². The van der Waals surface area contributed by atoms with Crippen molar-refractivity contribution in [3.63, 3.8) is 0 Å². The zero-order valence-corrected chi connectivity index (χ0v) is 12.2. The van der Waals surface area contributed by atoms with E-state index in [-0.39, 0.29) is 6.04 Å². The van der Waals surface area contributed by atoms with E-state index in [4.69, 9.17) is 0 Å². The van der Waals surface area contributed by atoms with Crippen LogP contribution in [0.3, 0.4) is 0 Å². The van der Waals surface area contributed by atoms with Gasteiger partial charge in [-0.2, -0.15) is 0 Å². The second-order valence-corrected chi connectivity index (χ2v) is 5.87. The van der Waals surface area contributed by atoms with E-state index in [1.165, 1.54) is 11.1 Å². The van der Waals surface area contributed by atoms with Gasteiger partial charge in [0.2, 0.25) is 0 Å². The maximum absolute atomic E-state index is 4.53. The van der Waals surface area contributed by atoms with Crippen LogP contribution in [0.15, 0.2) is 29.6 Å². The summed E-state index contributed by atoms with van der Waals surface area (Å²) in [6.07, 6.45) is 0. The van der Waals surface area contributed by atoms with Crippen molar-refractivity contribution >= 4 is 11.3 Å². The molecule has 18 heavy (non-hydrogen) atoms. The Balaban J connectivity index is 2.02. The molecule has 2 aromatic rings. The molecule has 2 atom stereocenters. The summed E-state index contributed by atoms with van der Waals surface area (Å²) >= 11 is 1.71. The molecule has 1 N–H and O–H groups in total. The number of aryl methyl sites for hydroxylation is 2. The third-order valence-corrected chi connectivity index (χ3v) is 3.95. The molecule has 0 spiro atoms. The van der Waals surface area contributed by atoms with Crippen LogP contribution in [-0.4, -0.2) is 4.98 Å². The first-order valence-corrected chi connectivity index (χ1v) is 7.19. The summed E-state index contributed by atoms with van der Waals surface area (Å²) in [5.41, 5.74) is 3.75. The number of nitrogens with zero attached hydrogens (tertiary/aromatic N) is 1. The maximum Gasteiger partial charge on any atom is 0.0898 e. The van der Waals surface area contributed by atoms with Crippen LogP contribution in [0, 0.1) is 13.8 Å². The minimum absolute atomic E-state index is 0.284. The maximum atomic E-state index is 4.53. The van der Waals surface area contributed by atoms with Gasteiger partial charge in [0.05, 0.1) is 10.7 Å². The lowest BCUT2D eigenvalue weighted by Gasteiger charge is -2.19. The van der Waals surface area contributed by atoms with Gasteiger partial charge in [0.25, 0.3) is 0 Å². The van der Waals surface area contributed by atoms with Crippen molar-refractivity contribution < 1.29 is 0 Å². The van der Waals surface area contributed by atoms with Gasteiger partial charge in [0.15, 0.2) is 0 Å². The zero-order valence-electron chi connectivity index (χ0n) is 11.4. The molecule has 0 bridgehead atoms. The summed E-state index contributed by atoms with van der Waals surface area (Å²) in [4.78, 5) is 4.53. The van der Waals surface area contributed by atoms with Gasteiger partial charge >= 0.3 is 0 Å². The van der Waals surface area contributed by atoms with E-state index in [1.807, 2.05) is 6.92 Å². The smallest absolute Gasteiger partial charge is 0.0898 e. The Hall–Kier alpha value is -1.19. The van der Waals surface area contributed by atoms with Crippen molar-refractivity contribution in [1.29, 1.82) is 0 Å². The summed E-state index contributed by atoms with van der Waals surface area (Å²) in [6.45, 7) is 8.52. The first-order chi connectivity index (χ1) is 8.56. The lowest BCUT2D eigenvalue weighted by molar-refractivity contribution is 0.487. The van der Waals surface area contributed by atoms with Gasteiger partial charge < -0.3 is 5.32 Å². The first-order valence-electron chi connectivity index (χ1n) is 6.31. The molecule has 0 aliphatic rings. The summed E-state index contributed by atoms with van der Waals surface area (Å²) in [6, 6.07) is 9.31. The van der Waals surface area contributed by atoms with Gasteiger partial charge in [0.1, 0.15) is 0 Å². The summed E-state index contributed by atoms with van der Waals surface area (Å²) in [5, 5.41) is 6.85.